The number of hydrogen-bond acceptors (Lipinski definition) is 2. The molecule has 2 nitrogen and oxygen atoms in total. The molecule has 3 aliphatic rings. The molecule has 0 spiro atoms. The average Bonchev–Trinajstić information content (AvgIpc) is 2.90. The fraction of sp³-hybridized carbons (Fsp3) is 0.647. The van der Waals surface area contributed by atoms with Gasteiger partial charge in [-0.05, 0) is 66.5 Å². The van der Waals surface area contributed by atoms with Gasteiger partial charge in [0.2, 0.25) is 0 Å². The summed E-state index contributed by atoms with van der Waals surface area (Å²) in [5.41, 5.74) is 7.15. The summed E-state index contributed by atoms with van der Waals surface area (Å²) in [6, 6.07) is 8.28. The molecule has 0 heterocycles. The van der Waals surface area contributed by atoms with Gasteiger partial charge < -0.3 is 10.8 Å². The zero-order valence-corrected chi connectivity index (χ0v) is 13.2. The van der Waals surface area contributed by atoms with Gasteiger partial charge in [-0.25, -0.2) is 0 Å². The minimum absolute atomic E-state index is 0.0955. The Balaban J connectivity index is 1.52. The van der Waals surface area contributed by atoms with Crippen LogP contribution >= 0.6 is 15.9 Å². The molecule has 0 saturated heterocycles. The first kappa shape index (κ1) is 13.3. The number of benzene rings is 1. The molecule has 0 aromatic heterocycles. The lowest BCUT2D eigenvalue weighted by Crippen LogP contribution is -2.29. The van der Waals surface area contributed by atoms with Crippen molar-refractivity contribution in [1.29, 1.82) is 0 Å². The molecule has 1 aromatic rings. The molecule has 0 radical (unpaired) electrons. The molecule has 3 saturated carbocycles. The highest BCUT2D eigenvalue weighted by molar-refractivity contribution is 9.10. The smallest absolute Gasteiger partial charge is 0.0654 e. The van der Waals surface area contributed by atoms with Crippen LogP contribution in [0.5, 0.6) is 0 Å². The Bertz CT molecular complexity index is 486. The lowest BCUT2D eigenvalue weighted by atomic mass is 9.87. The normalized spacial score (nSPS) is 40.5. The number of nitrogens with two attached hydrogens (primary N) is 1. The van der Waals surface area contributed by atoms with E-state index < -0.39 is 0 Å². The van der Waals surface area contributed by atoms with E-state index in [1.54, 1.807) is 0 Å². The molecular formula is C17H22BrNO. The van der Waals surface area contributed by atoms with Crippen LogP contribution in [0.3, 0.4) is 0 Å². The molecule has 3 aliphatic carbocycles. The van der Waals surface area contributed by atoms with Crippen molar-refractivity contribution >= 4 is 15.9 Å². The molecule has 1 aromatic carbocycles. The molecule has 6 atom stereocenters. The van der Waals surface area contributed by atoms with Crippen LogP contribution in [0.2, 0.25) is 0 Å². The van der Waals surface area contributed by atoms with Crippen molar-refractivity contribution in [2.75, 3.05) is 6.54 Å². The van der Waals surface area contributed by atoms with Crippen LogP contribution in [0.25, 0.3) is 0 Å². The number of rotatable bonds is 4. The summed E-state index contributed by atoms with van der Waals surface area (Å²) in [5.74, 6) is 4.07. The Morgan fingerprint density at radius 3 is 2.30 bits per heavy atom. The number of halogens is 1. The maximum absolute atomic E-state index is 10.8. The van der Waals surface area contributed by atoms with E-state index in [-0.39, 0.29) is 12.0 Å². The van der Waals surface area contributed by atoms with Crippen LogP contribution in [0, 0.1) is 29.6 Å². The van der Waals surface area contributed by atoms with E-state index >= 15 is 0 Å². The summed E-state index contributed by atoms with van der Waals surface area (Å²) in [4.78, 5) is 0. The average molecular weight is 336 g/mol. The predicted octanol–water partition coefficient (Wildman–Crippen LogP) is 3.14. The summed E-state index contributed by atoms with van der Waals surface area (Å²) < 4.78 is 1.08. The second-order valence-corrected chi connectivity index (χ2v) is 7.87. The van der Waals surface area contributed by atoms with E-state index in [2.05, 4.69) is 28.1 Å². The molecule has 3 heteroatoms. The molecule has 20 heavy (non-hydrogen) atoms. The molecule has 3 N–H and O–H groups in total. The van der Waals surface area contributed by atoms with Crippen molar-refractivity contribution in [3.05, 3.63) is 34.3 Å². The quantitative estimate of drug-likeness (QED) is 0.887. The van der Waals surface area contributed by atoms with E-state index in [9.17, 15) is 5.11 Å². The van der Waals surface area contributed by atoms with Crippen LogP contribution in [0.1, 0.15) is 30.7 Å². The van der Waals surface area contributed by atoms with E-state index in [1.165, 1.54) is 24.8 Å². The number of aliphatic hydroxyl groups is 1. The minimum Gasteiger partial charge on any atom is -0.392 e. The third-order valence-electron chi connectivity index (χ3n) is 6.15. The largest absolute Gasteiger partial charge is 0.392 e. The molecule has 0 aliphatic heterocycles. The van der Waals surface area contributed by atoms with Crippen molar-refractivity contribution in [1.82, 2.24) is 0 Å². The topological polar surface area (TPSA) is 46.2 Å². The Morgan fingerprint density at radius 2 is 1.75 bits per heavy atom. The highest BCUT2D eigenvalue weighted by atomic mass is 79.9. The van der Waals surface area contributed by atoms with Crippen LogP contribution in [-0.4, -0.2) is 17.8 Å². The van der Waals surface area contributed by atoms with E-state index in [0.29, 0.717) is 12.5 Å². The molecule has 2 bridgehead atoms. The van der Waals surface area contributed by atoms with Crippen molar-refractivity contribution < 1.29 is 5.11 Å². The summed E-state index contributed by atoms with van der Waals surface area (Å²) in [5, 5.41) is 10.8. The van der Waals surface area contributed by atoms with Gasteiger partial charge in [0.15, 0.2) is 0 Å². The van der Waals surface area contributed by atoms with Gasteiger partial charge in [0.05, 0.1) is 6.10 Å². The van der Waals surface area contributed by atoms with Gasteiger partial charge in [-0.3, -0.25) is 0 Å². The van der Waals surface area contributed by atoms with Crippen molar-refractivity contribution in [2.24, 2.45) is 35.3 Å². The van der Waals surface area contributed by atoms with E-state index in [4.69, 9.17) is 5.73 Å². The maximum Gasteiger partial charge on any atom is 0.0654 e. The third kappa shape index (κ3) is 1.90. The standard InChI is InChI=1S/C17H22BrNO/c18-12-5-3-9(4-6-12)13(8-19)17(20)16-14-10-1-2-11(7-10)15(14)16/h3-6,10-11,13-17,20H,1-2,7-8,19H2. The highest BCUT2D eigenvalue weighted by Crippen LogP contribution is 2.71. The lowest BCUT2D eigenvalue weighted by Gasteiger charge is -2.24. The molecule has 6 unspecified atom stereocenters. The second-order valence-electron chi connectivity index (χ2n) is 6.95. The fourth-order valence-corrected chi connectivity index (χ4v) is 5.56. The van der Waals surface area contributed by atoms with Gasteiger partial charge in [-0.2, -0.15) is 0 Å². The van der Waals surface area contributed by atoms with Crippen LogP contribution < -0.4 is 5.73 Å². The van der Waals surface area contributed by atoms with Crippen LogP contribution in [-0.2, 0) is 0 Å². The third-order valence-corrected chi connectivity index (χ3v) is 6.68. The Hall–Kier alpha value is -0.380. The first-order chi connectivity index (χ1) is 9.70. The minimum atomic E-state index is -0.250. The number of hydrogen-bond donors (Lipinski definition) is 2. The van der Waals surface area contributed by atoms with Crippen molar-refractivity contribution in [3.63, 3.8) is 0 Å². The number of aliphatic hydroxyl groups excluding tert-OH is 1. The Labute approximate surface area is 128 Å². The first-order valence-electron chi connectivity index (χ1n) is 7.84. The van der Waals surface area contributed by atoms with Gasteiger partial charge in [-0.15, -0.1) is 0 Å². The van der Waals surface area contributed by atoms with Gasteiger partial charge in [0.1, 0.15) is 0 Å². The molecule has 0 amide bonds. The van der Waals surface area contributed by atoms with Crippen molar-refractivity contribution in [3.8, 4) is 0 Å². The zero-order valence-electron chi connectivity index (χ0n) is 11.6. The summed E-state index contributed by atoms with van der Waals surface area (Å²) in [7, 11) is 0. The highest BCUT2D eigenvalue weighted by Gasteiger charge is 2.67. The van der Waals surface area contributed by atoms with Gasteiger partial charge in [-0.1, -0.05) is 28.1 Å². The molecule has 3 fully saturated rings. The summed E-state index contributed by atoms with van der Waals surface area (Å²) in [6.45, 7) is 0.536. The summed E-state index contributed by atoms with van der Waals surface area (Å²) >= 11 is 3.46. The Morgan fingerprint density at radius 1 is 1.15 bits per heavy atom. The van der Waals surface area contributed by atoms with Crippen LogP contribution in [0.15, 0.2) is 28.7 Å². The molecule has 108 valence electrons. The second kappa shape index (κ2) is 4.82. The monoisotopic (exact) mass is 335 g/mol. The SMILES string of the molecule is NCC(c1ccc(Br)cc1)C(O)C1C2C3CCC(C3)C21. The summed E-state index contributed by atoms with van der Waals surface area (Å²) in [6.07, 6.45) is 3.99. The predicted molar refractivity (Wildman–Crippen MR) is 83.2 cm³/mol. The Kier molecular flexibility index (Phi) is 3.21. The van der Waals surface area contributed by atoms with Gasteiger partial charge in [0, 0.05) is 16.9 Å². The van der Waals surface area contributed by atoms with E-state index in [1.807, 2.05) is 12.1 Å². The number of fused-ring (bicyclic) bond motifs is 5. The first-order valence-corrected chi connectivity index (χ1v) is 8.63. The maximum atomic E-state index is 10.8. The van der Waals surface area contributed by atoms with Crippen molar-refractivity contribution in [2.45, 2.75) is 31.3 Å². The van der Waals surface area contributed by atoms with Gasteiger partial charge >= 0.3 is 0 Å². The van der Waals surface area contributed by atoms with Crippen LogP contribution in [0.4, 0.5) is 0 Å². The lowest BCUT2D eigenvalue weighted by molar-refractivity contribution is 0.102. The molecular weight excluding hydrogens is 314 g/mol. The molecule has 4 rings (SSSR count). The van der Waals surface area contributed by atoms with E-state index in [0.717, 1.165) is 28.1 Å². The fourth-order valence-electron chi connectivity index (χ4n) is 5.30. The van der Waals surface area contributed by atoms with Gasteiger partial charge in [0.25, 0.3) is 0 Å². The zero-order chi connectivity index (χ0) is 13.9.